The number of aryl methyl sites for hydroxylation is 1. The van der Waals surface area contributed by atoms with Crippen molar-refractivity contribution in [3.63, 3.8) is 0 Å². The minimum atomic E-state index is -4.85. The van der Waals surface area contributed by atoms with Gasteiger partial charge in [-0.15, -0.1) is 0 Å². The molecule has 2 aromatic carbocycles. The zero-order chi connectivity index (χ0) is 28.7. The molecule has 3 N–H and O–H groups in total. The molecule has 39 heavy (non-hydrogen) atoms. The Balaban J connectivity index is 1.55. The van der Waals surface area contributed by atoms with Crippen LogP contribution in [0, 0.1) is 5.92 Å². The van der Waals surface area contributed by atoms with Crippen molar-refractivity contribution in [1.82, 2.24) is 14.9 Å². The van der Waals surface area contributed by atoms with Crippen LogP contribution in [-0.2, 0) is 24.8 Å². The van der Waals surface area contributed by atoms with Crippen molar-refractivity contribution < 1.29 is 31.1 Å². The molecule has 0 spiro atoms. The van der Waals surface area contributed by atoms with Crippen molar-refractivity contribution >= 4 is 45.8 Å². The van der Waals surface area contributed by atoms with E-state index in [0.717, 1.165) is 0 Å². The Kier molecular flexibility index (Phi) is 8.30. The lowest BCUT2D eigenvalue weighted by molar-refractivity contribution is -0.176. The molecule has 2 heterocycles. The lowest BCUT2D eigenvalue weighted by Crippen LogP contribution is -2.49. The molecule has 0 radical (unpaired) electrons. The van der Waals surface area contributed by atoms with Crippen LogP contribution in [0.3, 0.4) is 0 Å². The molecule has 212 valence electrons. The van der Waals surface area contributed by atoms with Gasteiger partial charge in [0.05, 0.1) is 27.7 Å². The third-order valence-electron chi connectivity index (χ3n) is 6.83. The summed E-state index contributed by atoms with van der Waals surface area (Å²) < 4.78 is 79.8. The fraction of sp³-hybridized carbons (Fsp3) is 0.440. The van der Waals surface area contributed by atoms with Crippen molar-refractivity contribution in [2.45, 2.75) is 44.2 Å². The van der Waals surface area contributed by atoms with E-state index in [1.165, 1.54) is 0 Å². The van der Waals surface area contributed by atoms with Gasteiger partial charge in [0.15, 0.2) is 6.04 Å². The van der Waals surface area contributed by atoms with E-state index in [9.17, 15) is 31.1 Å². The van der Waals surface area contributed by atoms with Crippen LogP contribution < -0.4 is 16.0 Å². The summed E-state index contributed by atoms with van der Waals surface area (Å²) in [5.41, 5.74) is 7.76. The second kappa shape index (κ2) is 11.1. The van der Waals surface area contributed by atoms with Gasteiger partial charge in [-0.25, -0.2) is 4.98 Å². The predicted molar refractivity (Wildman–Crippen MR) is 137 cm³/mol. The number of imidazole rings is 1. The van der Waals surface area contributed by atoms with Gasteiger partial charge >= 0.3 is 12.4 Å². The summed E-state index contributed by atoms with van der Waals surface area (Å²) in [6.07, 6.45) is -8.43. The number of carbonyl (C=O) groups excluding carboxylic acids is 1. The van der Waals surface area contributed by atoms with E-state index in [4.69, 9.17) is 28.9 Å². The van der Waals surface area contributed by atoms with Crippen molar-refractivity contribution in [1.29, 1.82) is 0 Å². The van der Waals surface area contributed by atoms with Crippen LogP contribution in [0.1, 0.15) is 29.8 Å². The summed E-state index contributed by atoms with van der Waals surface area (Å²) in [6.45, 7) is 0.0879. The quantitative estimate of drug-likeness (QED) is 0.356. The van der Waals surface area contributed by atoms with Crippen molar-refractivity contribution in [2.75, 3.05) is 18.0 Å². The maximum atomic E-state index is 13.3. The molecule has 1 fully saturated rings. The fourth-order valence-electron chi connectivity index (χ4n) is 4.61. The summed E-state index contributed by atoms with van der Waals surface area (Å²) in [6, 6.07) is 5.48. The number of nitrogens with one attached hydrogen (secondary N) is 1. The number of nitrogens with zero attached hydrogens (tertiary/aromatic N) is 3. The monoisotopic (exact) mass is 595 g/mol. The molecule has 2 unspecified atom stereocenters. The average Bonchev–Trinajstić information content (AvgIpc) is 3.16. The van der Waals surface area contributed by atoms with Gasteiger partial charge in [0.1, 0.15) is 5.82 Å². The SMILES string of the molecule is Cn1c(Cc2cc(CNC(=O)C(N)C(F)(F)F)ccc2Cl)nc2cc(Cl)c(N3CCCC(C(F)(F)F)C3)cc21. The van der Waals surface area contributed by atoms with Gasteiger partial charge < -0.3 is 20.5 Å². The van der Waals surface area contributed by atoms with Crippen molar-refractivity contribution in [3.8, 4) is 0 Å². The molecule has 2 atom stereocenters. The van der Waals surface area contributed by atoms with E-state index in [2.05, 4.69) is 10.3 Å². The molecule has 0 bridgehead atoms. The first-order valence-electron chi connectivity index (χ1n) is 12.0. The summed E-state index contributed by atoms with van der Waals surface area (Å²) in [7, 11) is 1.76. The van der Waals surface area contributed by atoms with Gasteiger partial charge in [-0.1, -0.05) is 35.3 Å². The number of hydrogen-bond donors (Lipinski definition) is 2. The number of fused-ring (bicyclic) bond motifs is 1. The van der Waals surface area contributed by atoms with Crippen LogP contribution >= 0.6 is 23.2 Å². The molecular formula is C25H25Cl2F6N5O. The average molecular weight is 596 g/mol. The third-order valence-corrected chi connectivity index (χ3v) is 7.50. The molecule has 1 aliphatic heterocycles. The van der Waals surface area contributed by atoms with E-state index in [-0.39, 0.29) is 25.9 Å². The lowest BCUT2D eigenvalue weighted by Gasteiger charge is -2.35. The number of halogens is 8. The highest BCUT2D eigenvalue weighted by Crippen LogP contribution is 2.38. The third kappa shape index (κ3) is 6.55. The molecule has 1 amide bonds. The molecule has 3 aromatic rings. The Morgan fingerprint density at radius 3 is 2.54 bits per heavy atom. The van der Waals surface area contributed by atoms with Gasteiger partial charge in [-0.05, 0) is 42.2 Å². The second-order valence-electron chi connectivity index (χ2n) is 9.55. The number of anilines is 1. The number of rotatable bonds is 6. The maximum absolute atomic E-state index is 13.3. The topological polar surface area (TPSA) is 76.2 Å². The molecule has 1 aromatic heterocycles. The van der Waals surface area contributed by atoms with Gasteiger partial charge in [-0.3, -0.25) is 4.79 Å². The largest absolute Gasteiger partial charge is 0.412 e. The molecule has 1 saturated heterocycles. The van der Waals surface area contributed by atoms with Gasteiger partial charge in [0.25, 0.3) is 0 Å². The number of benzene rings is 2. The zero-order valence-corrected chi connectivity index (χ0v) is 22.1. The molecule has 14 heteroatoms. The van der Waals surface area contributed by atoms with Crippen LogP contribution in [-0.4, -0.2) is 46.9 Å². The molecule has 0 saturated carbocycles. The molecule has 0 aliphatic carbocycles. The number of amides is 1. The summed E-state index contributed by atoms with van der Waals surface area (Å²) in [4.78, 5) is 18.0. The molecule has 4 rings (SSSR count). The van der Waals surface area contributed by atoms with Gasteiger partial charge in [-0.2, -0.15) is 26.3 Å². The Morgan fingerprint density at radius 1 is 1.15 bits per heavy atom. The summed E-state index contributed by atoms with van der Waals surface area (Å²) in [5.74, 6) is -2.20. The number of aromatic nitrogens is 2. The van der Waals surface area contributed by atoms with Gasteiger partial charge in [0.2, 0.25) is 5.91 Å². The zero-order valence-electron chi connectivity index (χ0n) is 20.6. The highest BCUT2D eigenvalue weighted by atomic mass is 35.5. The predicted octanol–water partition coefficient (Wildman–Crippen LogP) is 5.76. The van der Waals surface area contributed by atoms with Crippen LogP contribution in [0.2, 0.25) is 10.0 Å². The van der Waals surface area contributed by atoms with E-state index in [1.54, 1.807) is 46.8 Å². The number of nitrogens with two attached hydrogens (primary N) is 1. The highest BCUT2D eigenvalue weighted by molar-refractivity contribution is 6.34. The van der Waals surface area contributed by atoms with Crippen LogP contribution in [0.25, 0.3) is 11.0 Å². The fourth-order valence-corrected chi connectivity index (χ4v) is 5.07. The van der Waals surface area contributed by atoms with Crippen molar-refractivity contribution in [3.05, 3.63) is 57.3 Å². The first-order chi connectivity index (χ1) is 18.1. The number of carbonyl (C=O) groups is 1. The molecule has 6 nitrogen and oxygen atoms in total. The van der Waals surface area contributed by atoms with E-state index >= 15 is 0 Å². The second-order valence-corrected chi connectivity index (χ2v) is 10.4. The van der Waals surface area contributed by atoms with Crippen molar-refractivity contribution in [2.24, 2.45) is 18.7 Å². The lowest BCUT2D eigenvalue weighted by atomic mass is 9.97. The standard InChI is InChI=1S/C25H25Cl2F6N5O/c1-37-20-10-19(38-6-2-3-15(12-38)24(28,29)30)17(27)9-18(20)36-21(37)8-14-7-13(4-5-16(14)26)11-35-23(39)22(34)25(31,32)33/h4-5,7,9-10,15,22H,2-3,6,8,11-12,34H2,1H3,(H,35,39). The van der Waals surface area contributed by atoms with E-state index in [1.807, 2.05) is 0 Å². The minimum Gasteiger partial charge on any atom is -0.370 e. The highest BCUT2D eigenvalue weighted by Gasteiger charge is 2.43. The van der Waals surface area contributed by atoms with Crippen LogP contribution in [0.5, 0.6) is 0 Å². The van der Waals surface area contributed by atoms with Crippen LogP contribution in [0.15, 0.2) is 30.3 Å². The number of hydrogen-bond acceptors (Lipinski definition) is 4. The first kappa shape index (κ1) is 29.3. The van der Waals surface area contributed by atoms with E-state index in [0.29, 0.717) is 56.7 Å². The van der Waals surface area contributed by atoms with Gasteiger partial charge in [0, 0.05) is 38.1 Å². The number of piperidine rings is 1. The Bertz CT molecular complexity index is 1370. The molecular weight excluding hydrogens is 571 g/mol. The maximum Gasteiger partial charge on any atom is 0.412 e. The summed E-state index contributed by atoms with van der Waals surface area (Å²) >= 11 is 12.8. The Morgan fingerprint density at radius 2 is 1.87 bits per heavy atom. The first-order valence-corrected chi connectivity index (χ1v) is 12.7. The summed E-state index contributed by atoms with van der Waals surface area (Å²) in [5, 5.41) is 2.84. The molecule has 1 aliphatic rings. The normalized spacial score (nSPS) is 17.5. The van der Waals surface area contributed by atoms with Crippen LogP contribution in [0.4, 0.5) is 32.0 Å². The minimum absolute atomic E-state index is 0.0777. The Hall–Kier alpha value is -2.70. The van der Waals surface area contributed by atoms with E-state index < -0.39 is 30.2 Å². The Labute approximate surface area is 230 Å². The number of alkyl halides is 6. The smallest absolute Gasteiger partial charge is 0.370 e.